The molecule has 1 saturated heterocycles. The summed E-state index contributed by atoms with van der Waals surface area (Å²) in [4.78, 5) is 17.7. The first-order valence-corrected chi connectivity index (χ1v) is 11.5. The third-order valence-electron chi connectivity index (χ3n) is 4.93. The number of para-hydroxylation sites is 1. The molecule has 0 unspecified atom stereocenters. The molecule has 2 aromatic carbocycles. The monoisotopic (exact) mass is 495 g/mol. The number of aromatic nitrogens is 1. The molecule has 1 fully saturated rings. The van der Waals surface area contributed by atoms with Crippen molar-refractivity contribution in [3.63, 3.8) is 0 Å². The van der Waals surface area contributed by atoms with Gasteiger partial charge in [-0.3, -0.25) is 4.79 Å². The van der Waals surface area contributed by atoms with Gasteiger partial charge in [0, 0.05) is 27.1 Å². The Morgan fingerprint density at radius 1 is 1.10 bits per heavy atom. The second kappa shape index (κ2) is 9.16. The van der Waals surface area contributed by atoms with E-state index in [0.29, 0.717) is 16.7 Å². The molecule has 158 valence electrons. The van der Waals surface area contributed by atoms with Crippen molar-refractivity contribution >= 4 is 50.5 Å². The molecule has 1 aliphatic heterocycles. The molecule has 1 amide bonds. The number of nitrogens with zero attached hydrogens (tertiary/aromatic N) is 2. The molecule has 0 atom stereocenters. The van der Waals surface area contributed by atoms with Gasteiger partial charge in [-0.25, -0.2) is 4.99 Å². The van der Waals surface area contributed by atoms with Gasteiger partial charge < -0.3 is 14.6 Å². The van der Waals surface area contributed by atoms with Crippen molar-refractivity contribution in [3.05, 3.63) is 80.9 Å². The van der Waals surface area contributed by atoms with E-state index in [9.17, 15) is 4.79 Å². The van der Waals surface area contributed by atoms with Crippen molar-refractivity contribution in [2.45, 2.75) is 20.8 Å². The van der Waals surface area contributed by atoms with Crippen LogP contribution in [0.5, 0.6) is 5.75 Å². The van der Waals surface area contributed by atoms with Gasteiger partial charge in [-0.2, -0.15) is 0 Å². The van der Waals surface area contributed by atoms with Crippen LogP contribution in [-0.4, -0.2) is 22.2 Å². The first-order valence-electron chi connectivity index (χ1n) is 9.93. The fraction of sp³-hybridized carbons (Fsp3) is 0.167. The van der Waals surface area contributed by atoms with Crippen LogP contribution in [0.15, 0.2) is 69.0 Å². The summed E-state index contributed by atoms with van der Waals surface area (Å²) in [5.41, 5.74) is 4.98. The zero-order chi connectivity index (χ0) is 22.0. The highest BCUT2D eigenvalue weighted by Gasteiger charge is 2.25. The molecule has 0 bridgehead atoms. The Balaban J connectivity index is 1.62. The third-order valence-corrected chi connectivity index (χ3v) is 6.84. The van der Waals surface area contributed by atoms with E-state index < -0.39 is 0 Å². The van der Waals surface area contributed by atoms with Crippen LogP contribution in [0.2, 0.25) is 0 Å². The van der Waals surface area contributed by atoms with Gasteiger partial charge in [0.05, 0.1) is 17.2 Å². The van der Waals surface area contributed by atoms with Crippen molar-refractivity contribution in [2.75, 3.05) is 6.61 Å². The van der Waals surface area contributed by atoms with Crippen molar-refractivity contribution in [2.24, 2.45) is 4.99 Å². The van der Waals surface area contributed by atoms with Crippen molar-refractivity contribution in [3.8, 4) is 11.4 Å². The summed E-state index contributed by atoms with van der Waals surface area (Å²) in [6.07, 6.45) is 1.92. The smallest absolute Gasteiger partial charge is 0.264 e. The van der Waals surface area contributed by atoms with Crippen LogP contribution >= 0.6 is 27.7 Å². The molecule has 0 saturated carbocycles. The first kappa shape index (κ1) is 21.5. The van der Waals surface area contributed by atoms with Crippen LogP contribution in [0.25, 0.3) is 11.8 Å². The van der Waals surface area contributed by atoms with Gasteiger partial charge in [0.2, 0.25) is 0 Å². The second-order valence-electron chi connectivity index (χ2n) is 6.98. The van der Waals surface area contributed by atoms with E-state index >= 15 is 0 Å². The molecule has 0 radical (unpaired) electrons. The van der Waals surface area contributed by atoms with Crippen molar-refractivity contribution < 1.29 is 9.53 Å². The molecule has 3 aromatic rings. The van der Waals surface area contributed by atoms with E-state index in [1.54, 1.807) is 0 Å². The molecule has 31 heavy (non-hydrogen) atoms. The van der Waals surface area contributed by atoms with Crippen LogP contribution in [0.3, 0.4) is 0 Å². The highest BCUT2D eigenvalue weighted by Crippen LogP contribution is 2.35. The van der Waals surface area contributed by atoms with Crippen molar-refractivity contribution in [1.82, 2.24) is 9.88 Å². The zero-order valence-corrected chi connectivity index (χ0v) is 19.9. The largest absolute Gasteiger partial charge is 0.494 e. The van der Waals surface area contributed by atoms with E-state index in [2.05, 4.69) is 56.8 Å². The lowest BCUT2D eigenvalue weighted by Crippen LogP contribution is -2.19. The number of rotatable bonds is 5. The van der Waals surface area contributed by atoms with Crippen LogP contribution in [0.1, 0.15) is 23.9 Å². The molecule has 4 rings (SSSR count). The maximum atomic E-state index is 12.6. The number of thioether (sulfide) groups is 1. The van der Waals surface area contributed by atoms with E-state index in [1.807, 2.05) is 55.5 Å². The number of hydrogen-bond donors (Lipinski definition) is 1. The first-order chi connectivity index (χ1) is 15.0. The lowest BCUT2D eigenvalue weighted by molar-refractivity contribution is -0.115. The van der Waals surface area contributed by atoms with Crippen LogP contribution in [-0.2, 0) is 4.79 Å². The highest BCUT2D eigenvalue weighted by molar-refractivity contribution is 9.10. The number of amidine groups is 1. The summed E-state index contributed by atoms with van der Waals surface area (Å²) >= 11 is 5.06. The number of carbonyl (C=O) groups is 1. The number of benzene rings is 2. The standard InChI is InChI=1S/C24H22BrN3O2S/c1-4-30-19-12-10-17(11-13-19)26-24-27-23(29)21(31-24)14-20-15(2)28(16(3)22(20)25)18-8-6-5-7-9-18/h5-14H,4H2,1-3H3,(H,26,27,29)/b21-14-. The molecular weight excluding hydrogens is 474 g/mol. The number of aliphatic imine (C=N–C) groups is 1. The molecule has 1 aliphatic rings. The number of nitrogens with one attached hydrogen (secondary N) is 1. The van der Waals surface area contributed by atoms with Gasteiger partial charge in [0.25, 0.3) is 5.91 Å². The summed E-state index contributed by atoms with van der Waals surface area (Å²) in [5.74, 6) is 0.653. The van der Waals surface area contributed by atoms with Gasteiger partial charge in [-0.1, -0.05) is 18.2 Å². The fourth-order valence-electron chi connectivity index (χ4n) is 3.47. The van der Waals surface area contributed by atoms with E-state index in [4.69, 9.17) is 4.74 Å². The summed E-state index contributed by atoms with van der Waals surface area (Å²) in [6.45, 7) is 6.69. The maximum Gasteiger partial charge on any atom is 0.264 e. The van der Waals surface area contributed by atoms with Crippen LogP contribution < -0.4 is 10.1 Å². The van der Waals surface area contributed by atoms with E-state index in [-0.39, 0.29) is 5.91 Å². The van der Waals surface area contributed by atoms with Gasteiger partial charge in [0.15, 0.2) is 5.17 Å². The number of carbonyl (C=O) groups excluding carboxylic acids is 1. The predicted octanol–water partition coefficient (Wildman–Crippen LogP) is 6.15. The Bertz CT molecular complexity index is 1180. The Morgan fingerprint density at radius 3 is 2.48 bits per heavy atom. The average molecular weight is 496 g/mol. The van der Waals surface area contributed by atoms with Gasteiger partial charge >= 0.3 is 0 Å². The Morgan fingerprint density at radius 2 is 1.81 bits per heavy atom. The van der Waals surface area contributed by atoms with Gasteiger partial charge in [-0.15, -0.1) is 0 Å². The fourth-order valence-corrected chi connectivity index (χ4v) is 4.87. The van der Waals surface area contributed by atoms with Crippen molar-refractivity contribution in [1.29, 1.82) is 0 Å². The topological polar surface area (TPSA) is 55.6 Å². The minimum absolute atomic E-state index is 0.147. The van der Waals surface area contributed by atoms with Gasteiger partial charge in [-0.05, 0) is 90.9 Å². The zero-order valence-electron chi connectivity index (χ0n) is 17.5. The number of halogens is 1. The number of amides is 1. The van der Waals surface area contributed by atoms with E-state index in [0.717, 1.165) is 38.5 Å². The van der Waals surface area contributed by atoms with E-state index in [1.165, 1.54) is 11.8 Å². The molecule has 0 aliphatic carbocycles. The summed E-state index contributed by atoms with van der Waals surface area (Å²) in [5, 5.41) is 3.42. The molecule has 5 nitrogen and oxygen atoms in total. The summed E-state index contributed by atoms with van der Waals surface area (Å²) < 4.78 is 8.62. The second-order valence-corrected chi connectivity index (χ2v) is 8.80. The Labute approximate surface area is 194 Å². The number of ether oxygens (including phenoxy) is 1. The predicted molar refractivity (Wildman–Crippen MR) is 131 cm³/mol. The normalized spacial score (nSPS) is 16.2. The molecular formula is C24H22BrN3O2S. The quantitative estimate of drug-likeness (QED) is 0.432. The van der Waals surface area contributed by atoms with Gasteiger partial charge in [0.1, 0.15) is 5.75 Å². The summed E-state index contributed by atoms with van der Waals surface area (Å²) in [7, 11) is 0. The lowest BCUT2D eigenvalue weighted by atomic mass is 10.2. The highest BCUT2D eigenvalue weighted by atomic mass is 79.9. The molecule has 7 heteroatoms. The third kappa shape index (κ3) is 4.48. The average Bonchev–Trinajstić information content (AvgIpc) is 3.21. The maximum absolute atomic E-state index is 12.6. The molecule has 0 spiro atoms. The minimum atomic E-state index is -0.147. The lowest BCUT2D eigenvalue weighted by Gasteiger charge is -2.09. The Kier molecular flexibility index (Phi) is 6.34. The van der Waals surface area contributed by atoms with Crippen LogP contribution in [0, 0.1) is 13.8 Å². The minimum Gasteiger partial charge on any atom is -0.494 e. The molecule has 1 N–H and O–H groups in total. The Hall–Kier alpha value is -2.77. The summed E-state index contributed by atoms with van der Waals surface area (Å²) in [6, 6.07) is 17.7. The SMILES string of the molecule is CCOc1ccc(N=C2NC(=O)/C(=C/c3c(Br)c(C)n(-c4ccccc4)c3C)S2)cc1. The molecule has 1 aromatic heterocycles. The number of hydrogen-bond acceptors (Lipinski definition) is 4. The molecule has 2 heterocycles. The van der Waals surface area contributed by atoms with Crippen LogP contribution in [0.4, 0.5) is 5.69 Å².